The van der Waals surface area contributed by atoms with Crippen molar-refractivity contribution >= 4 is 11.9 Å². The lowest BCUT2D eigenvalue weighted by molar-refractivity contribution is -0.152. The summed E-state index contributed by atoms with van der Waals surface area (Å²) in [6.45, 7) is 1.57. The minimum absolute atomic E-state index is 0.0235. The number of nitrogens with zero attached hydrogens (tertiary/aromatic N) is 1. The molecule has 1 aliphatic heterocycles. The van der Waals surface area contributed by atoms with Gasteiger partial charge in [-0.2, -0.15) is 0 Å². The van der Waals surface area contributed by atoms with Crippen LogP contribution in [-0.4, -0.2) is 41.1 Å². The van der Waals surface area contributed by atoms with Crippen molar-refractivity contribution in [1.29, 1.82) is 0 Å². The molecule has 2 bridgehead atoms. The molecule has 134 valence electrons. The number of carboxylic acid groups (broad SMARTS) is 1. The summed E-state index contributed by atoms with van der Waals surface area (Å²) in [5.41, 5.74) is 0. The molecular weight excluding hydrogens is 322 g/mol. The molecule has 6 nitrogen and oxygen atoms in total. The lowest BCUT2D eigenvalue weighted by atomic mass is 9.82. The van der Waals surface area contributed by atoms with Crippen LogP contribution in [0, 0.1) is 23.7 Å². The number of aliphatic carboxylic acids is 1. The van der Waals surface area contributed by atoms with Gasteiger partial charge in [-0.3, -0.25) is 9.59 Å². The highest BCUT2D eigenvalue weighted by Crippen LogP contribution is 2.49. The van der Waals surface area contributed by atoms with E-state index in [1.807, 2.05) is 18.2 Å². The molecule has 0 radical (unpaired) electrons. The fourth-order valence-electron chi connectivity index (χ4n) is 4.56. The Labute approximate surface area is 146 Å². The first-order valence-corrected chi connectivity index (χ1v) is 8.97. The van der Waals surface area contributed by atoms with E-state index in [0.29, 0.717) is 18.8 Å². The number of carbonyl (C=O) groups excluding carboxylic acids is 1. The molecule has 0 unspecified atom stereocenters. The van der Waals surface area contributed by atoms with Crippen molar-refractivity contribution in [3.8, 4) is 0 Å². The zero-order chi connectivity index (χ0) is 17.4. The third-order valence-corrected chi connectivity index (χ3v) is 5.72. The summed E-state index contributed by atoms with van der Waals surface area (Å²) in [5, 5.41) is 9.63. The van der Waals surface area contributed by atoms with Crippen LogP contribution in [-0.2, 0) is 20.9 Å². The van der Waals surface area contributed by atoms with E-state index < -0.39 is 17.8 Å². The number of hydrogen-bond acceptors (Lipinski definition) is 4. The number of hydrogen-bond donors (Lipinski definition) is 1. The Balaban J connectivity index is 1.55. The number of allylic oxidation sites excluding steroid dienone is 2. The molecule has 2 heterocycles. The van der Waals surface area contributed by atoms with Gasteiger partial charge in [0.25, 0.3) is 0 Å². The number of carboxylic acids is 1. The van der Waals surface area contributed by atoms with Crippen LogP contribution in [0.3, 0.4) is 0 Å². The van der Waals surface area contributed by atoms with Crippen molar-refractivity contribution in [2.24, 2.45) is 23.7 Å². The number of rotatable bonds is 6. The lowest BCUT2D eigenvalue weighted by Gasteiger charge is -2.31. The molecule has 4 rings (SSSR count). The van der Waals surface area contributed by atoms with Gasteiger partial charge in [0, 0.05) is 13.2 Å². The van der Waals surface area contributed by atoms with Crippen molar-refractivity contribution in [3.05, 3.63) is 36.3 Å². The maximum absolute atomic E-state index is 13.3. The summed E-state index contributed by atoms with van der Waals surface area (Å²) < 4.78 is 11.1. The van der Waals surface area contributed by atoms with E-state index >= 15 is 0 Å². The van der Waals surface area contributed by atoms with Gasteiger partial charge in [0.05, 0.1) is 30.7 Å². The standard InChI is InChI=1S/C19H23NO5/c21-18(16-12-5-6-13(9-12)17(16)19(22)23)20(10-14-3-1-7-24-14)11-15-4-2-8-25-15/h1,3,5-7,12-13,15-17H,2,4,8-11H2,(H,22,23)/t12-,13+,15+,16+,17-/m0/s1. The Bertz CT molecular complexity index is 661. The van der Waals surface area contributed by atoms with Gasteiger partial charge in [0.2, 0.25) is 5.91 Å². The van der Waals surface area contributed by atoms with Crippen molar-refractivity contribution in [3.63, 3.8) is 0 Å². The molecule has 1 saturated carbocycles. The molecule has 6 heteroatoms. The van der Waals surface area contributed by atoms with E-state index in [1.165, 1.54) is 0 Å². The molecule has 3 aliphatic rings. The third-order valence-electron chi connectivity index (χ3n) is 5.72. The molecule has 2 aliphatic carbocycles. The SMILES string of the molecule is O=C(O)[C@@H]1[C@H](C(=O)N(Cc2ccco2)C[C@H]2CCCO2)[C@H]2C=C[C@@H]1C2. The zero-order valence-electron chi connectivity index (χ0n) is 14.0. The van der Waals surface area contributed by atoms with E-state index in [-0.39, 0.29) is 23.8 Å². The molecule has 25 heavy (non-hydrogen) atoms. The first-order valence-electron chi connectivity index (χ1n) is 8.97. The number of amides is 1. The van der Waals surface area contributed by atoms with Crippen LogP contribution in [0.2, 0.25) is 0 Å². The molecule has 2 fully saturated rings. The Kier molecular flexibility index (Phi) is 4.37. The molecule has 0 aromatic carbocycles. The van der Waals surface area contributed by atoms with Gasteiger partial charge in [-0.25, -0.2) is 0 Å². The zero-order valence-corrected chi connectivity index (χ0v) is 14.0. The van der Waals surface area contributed by atoms with Crippen molar-refractivity contribution < 1.29 is 23.8 Å². The third kappa shape index (κ3) is 3.11. The highest BCUT2D eigenvalue weighted by Gasteiger charge is 2.52. The van der Waals surface area contributed by atoms with E-state index in [0.717, 1.165) is 25.9 Å². The predicted molar refractivity (Wildman–Crippen MR) is 88.5 cm³/mol. The first kappa shape index (κ1) is 16.4. The minimum Gasteiger partial charge on any atom is -0.481 e. The van der Waals surface area contributed by atoms with Crippen molar-refractivity contribution in [1.82, 2.24) is 4.90 Å². The summed E-state index contributed by atoms with van der Waals surface area (Å²) >= 11 is 0. The van der Waals surface area contributed by atoms with Crippen molar-refractivity contribution in [2.75, 3.05) is 13.2 Å². The number of fused-ring (bicyclic) bond motifs is 2. The van der Waals surface area contributed by atoms with E-state index in [4.69, 9.17) is 9.15 Å². The van der Waals surface area contributed by atoms with E-state index in [1.54, 1.807) is 17.2 Å². The monoisotopic (exact) mass is 345 g/mol. The van der Waals surface area contributed by atoms with Crippen LogP contribution >= 0.6 is 0 Å². The Hall–Kier alpha value is -2.08. The second-order valence-electron chi connectivity index (χ2n) is 7.27. The summed E-state index contributed by atoms with van der Waals surface area (Å²) in [6.07, 6.45) is 8.29. The van der Waals surface area contributed by atoms with Crippen molar-refractivity contribution in [2.45, 2.75) is 31.9 Å². The first-order chi connectivity index (χ1) is 12.1. The van der Waals surface area contributed by atoms with Gasteiger partial charge in [0.15, 0.2) is 0 Å². The Morgan fingerprint density at radius 2 is 2.04 bits per heavy atom. The van der Waals surface area contributed by atoms with E-state index in [2.05, 4.69) is 0 Å². The molecule has 1 saturated heterocycles. The van der Waals surface area contributed by atoms with Crippen LogP contribution in [0.5, 0.6) is 0 Å². The molecule has 1 N–H and O–H groups in total. The normalized spacial score (nSPS) is 33.0. The van der Waals surface area contributed by atoms with E-state index in [9.17, 15) is 14.7 Å². The molecule has 1 amide bonds. The average molecular weight is 345 g/mol. The van der Waals surface area contributed by atoms with Crippen LogP contribution in [0.15, 0.2) is 35.0 Å². The van der Waals surface area contributed by atoms with Gasteiger partial charge in [-0.15, -0.1) is 0 Å². The van der Waals surface area contributed by atoms with Gasteiger partial charge < -0.3 is 19.2 Å². The Morgan fingerprint density at radius 3 is 2.68 bits per heavy atom. The number of furan rings is 1. The lowest BCUT2D eigenvalue weighted by Crippen LogP contribution is -2.45. The second kappa shape index (κ2) is 6.67. The molecule has 1 aromatic heterocycles. The average Bonchev–Trinajstić information content (AvgIpc) is 3.36. The predicted octanol–water partition coefficient (Wildman–Crippen LogP) is 2.31. The molecule has 5 atom stereocenters. The fraction of sp³-hybridized carbons (Fsp3) is 0.579. The highest BCUT2D eigenvalue weighted by molar-refractivity contribution is 5.87. The van der Waals surface area contributed by atoms with Gasteiger partial charge in [0.1, 0.15) is 5.76 Å². The number of carbonyl (C=O) groups is 2. The summed E-state index contributed by atoms with van der Waals surface area (Å²) in [6, 6.07) is 3.63. The largest absolute Gasteiger partial charge is 0.481 e. The summed E-state index contributed by atoms with van der Waals surface area (Å²) in [5.74, 6) is -1.35. The maximum Gasteiger partial charge on any atom is 0.307 e. The molecular formula is C19H23NO5. The molecule has 0 spiro atoms. The van der Waals surface area contributed by atoms with Crippen LogP contribution in [0.25, 0.3) is 0 Å². The topological polar surface area (TPSA) is 80.0 Å². The van der Waals surface area contributed by atoms with Crippen LogP contribution in [0.1, 0.15) is 25.0 Å². The molecule has 1 aromatic rings. The Morgan fingerprint density at radius 1 is 1.24 bits per heavy atom. The quantitative estimate of drug-likeness (QED) is 0.800. The fourth-order valence-corrected chi connectivity index (χ4v) is 4.56. The number of ether oxygens (including phenoxy) is 1. The van der Waals surface area contributed by atoms with Gasteiger partial charge in [-0.1, -0.05) is 12.2 Å². The summed E-state index contributed by atoms with van der Waals surface area (Å²) in [7, 11) is 0. The minimum atomic E-state index is -0.870. The van der Waals surface area contributed by atoms with Gasteiger partial charge >= 0.3 is 5.97 Å². The van der Waals surface area contributed by atoms with Gasteiger partial charge in [-0.05, 0) is 43.2 Å². The highest BCUT2D eigenvalue weighted by atomic mass is 16.5. The smallest absolute Gasteiger partial charge is 0.307 e. The van der Waals surface area contributed by atoms with Crippen LogP contribution in [0.4, 0.5) is 0 Å². The second-order valence-corrected chi connectivity index (χ2v) is 7.27. The maximum atomic E-state index is 13.3. The van der Waals surface area contributed by atoms with Crippen LogP contribution < -0.4 is 0 Å². The summed E-state index contributed by atoms with van der Waals surface area (Å²) in [4.78, 5) is 26.8.